The van der Waals surface area contributed by atoms with Crippen LogP contribution in [-0.4, -0.2) is 58.5 Å². The first-order chi connectivity index (χ1) is 10.6. The molecular weight excluding hydrogens is 286 g/mol. The van der Waals surface area contributed by atoms with E-state index in [2.05, 4.69) is 0 Å². The summed E-state index contributed by atoms with van der Waals surface area (Å²) in [6.07, 6.45) is -2.74. The van der Waals surface area contributed by atoms with Crippen LogP contribution in [0.25, 0.3) is 0 Å². The van der Waals surface area contributed by atoms with Gasteiger partial charge in [0, 0.05) is 19.6 Å². The first-order valence-corrected chi connectivity index (χ1v) is 7.57. The van der Waals surface area contributed by atoms with Crippen molar-refractivity contribution in [3.05, 3.63) is 35.4 Å². The molecule has 1 fully saturated rings. The Morgan fingerprint density at radius 2 is 2.05 bits per heavy atom. The molecule has 6 heteroatoms. The lowest BCUT2D eigenvalue weighted by molar-refractivity contribution is -0.277. The highest BCUT2D eigenvalue weighted by Crippen LogP contribution is 2.39. The maximum Gasteiger partial charge on any atom is 0.175 e. The summed E-state index contributed by atoms with van der Waals surface area (Å²) < 4.78 is 11.1. The van der Waals surface area contributed by atoms with E-state index in [9.17, 15) is 15.3 Å². The van der Waals surface area contributed by atoms with Gasteiger partial charge in [-0.25, -0.2) is 0 Å². The minimum Gasteiger partial charge on any atom is -0.394 e. The fourth-order valence-corrected chi connectivity index (χ4v) is 3.49. The summed E-state index contributed by atoms with van der Waals surface area (Å²) in [6, 6.07) is 7.18. The molecule has 0 amide bonds. The van der Waals surface area contributed by atoms with Crippen molar-refractivity contribution >= 4 is 0 Å². The van der Waals surface area contributed by atoms with Crippen molar-refractivity contribution < 1.29 is 24.8 Å². The number of hydrogen-bond acceptors (Lipinski definition) is 6. The van der Waals surface area contributed by atoms with Gasteiger partial charge >= 0.3 is 0 Å². The smallest absolute Gasteiger partial charge is 0.175 e. The Hall–Kier alpha value is -1.02. The van der Waals surface area contributed by atoms with Crippen LogP contribution in [0.1, 0.15) is 24.3 Å². The lowest BCUT2D eigenvalue weighted by atomic mass is 9.88. The van der Waals surface area contributed by atoms with Gasteiger partial charge in [-0.05, 0) is 11.1 Å². The van der Waals surface area contributed by atoms with Gasteiger partial charge in [-0.3, -0.25) is 4.90 Å². The van der Waals surface area contributed by atoms with Gasteiger partial charge in [0.2, 0.25) is 0 Å². The molecule has 3 N–H and O–H groups in total. The Morgan fingerprint density at radius 1 is 1.32 bits per heavy atom. The Morgan fingerprint density at radius 3 is 2.68 bits per heavy atom. The molecule has 0 spiro atoms. The summed E-state index contributed by atoms with van der Waals surface area (Å²) in [5.41, 5.74) is 1.88. The van der Waals surface area contributed by atoms with Crippen LogP contribution < -0.4 is 0 Å². The fraction of sp³-hybridized carbons (Fsp3) is 0.625. The van der Waals surface area contributed by atoms with Gasteiger partial charge in [0.15, 0.2) is 6.29 Å². The van der Waals surface area contributed by atoms with E-state index < -0.39 is 30.8 Å². The molecule has 6 nitrogen and oxygen atoms in total. The van der Waals surface area contributed by atoms with Gasteiger partial charge < -0.3 is 24.8 Å². The van der Waals surface area contributed by atoms with Crippen molar-refractivity contribution in [1.29, 1.82) is 0 Å². The normalized spacial score (nSPS) is 39.0. The summed E-state index contributed by atoms with van der Waals surface area (Å²) in [5.74, 6) is -0.252. The highest BCUT2D eigenvalue weighted by molar-refractivity contribution is 5.32. The van der Waals surface area contributed by atoms with Crippen LogP contribution in [0.5, 0.6) is 0 Å². The minimum absolute atomic E-state index is 0.173. The Kier molecular flexibility index (Phi) is 4.49. The predicted molar refractivity (Wildman–Crippen MR) is 78.7 cm³/mol. The van der Waals surface area contributed by atoms with Crippen LogP contribution in [-0.2, 0) is 16.0 Å². The largest absolute Gasteiger partial charge is 0.394 e. The zero-order chi connectivity index (χ0) is 15.9. The van der Waals surface area contributed by atoms with Crippen LogP contribution >= 0.6 is 0 Å². The number of methoxy groups -OCH3 is 1. The second-order valence-electron chi connectivity index (χ2n) is 6.05. The summed E-state index contributed by atoms with van der Waals surface area (Å²) in [4.78, 5) is 1.80. The molecular formula is C16H23NO5. The zero-order valence-corrected chi connectivity index (χ0v) is 12.8. The van der Waals surface area contributed by atoms with Crippen molar-refractivity contribution in [1.82, 2.24) is 4.90 Å². The maximum atomic E-state index is 10.7. The van der Waals surface area contributed by atoms with Crippen LogP contribution in [0, 0.1) is 5.92 Å². The van der Waals surface area contributed by atoms with E-state index in [1.165, 1.54) is 7.11 Å². The number of aliphatic hydroxyl groups excluding tert-OH is 3. The number of hydrogen-bond donors (Lipinski definition) is 3. The molecule has 0 radical (unpaired) electrons. The van der Waals surface area contributed by atoms with Crippen molar-refractivity contribution in [3.8, 4) is 0 Å². The van der Waals surface area contributed by atoms with Crippen LogP contribution in [0.2, 0.25) is 0 Å². The topological polar surface area (TPSA) is 82.4 Å². The fourth-order valence-electron chi connectivity index (χ4n) is 3.49. The molecule has 6 atom stereocenters. The van der Waals surface area contributed by atoms with E-state index in [0.717, 1.165) is 11.1 Å². The van der Waals surface area contributed by atoms with Gasteiger partial charge in [0.05, 0.1) is 24.9 Å². The molecule has 1 aromatic carbocycles. The summed E-state index contributed by atoms with van der Waals surface area (Å²) >= 11 is 0. The van der Waals surface area contributed by atoms with E-state index in [-0.39, 0.29) is 12.5 Å². The number of aliphatic hydroxyl groups is 3. The number of rotatable bonds is 3. The molecule has 3 rings (SSSR count). The lowest BCUT2D eigenvalue weighted by Gasteiger charge is -2.46. The standard InChI is InChI=1S/C16H23NO5/c1-9-12(8-18)22-16(21-2)13(14(9)19)17-7-10-5-3-4-6-11(10)15(17)20/h3-6,9,12-16,18-20H,7-8H2,1-2H3/t9-,12?,13+,14?,15?,16-/m1/s1. The summed E-state index contributed by atoms with van der Waals surface area (Å²) in [6.45, 7) is 2.19. The van der Waals surface area contributed by atoms with E-state index in [1.54, 1.807) is 4.90 Å². The molecule has 0 aliphatic carbocycles. The van der Waals surface area contributed by atoms with Gasteiger partial charge in [-0.15, -0.1) is 0 Å². The maximum absolute atomic E-state index is 10.7. The summed E-state index contributed by atoms with van der Waals surface area (Å²) in [5, 5.41) is 30.6. The minimum atomic E-state index is -0.796. The van der Waals surface area contributed by atoms with Crippen LogP contribution in [0.3, 0.4) is 0 Å². The second-order valence-corrected chi connectivity index (χ2v) is 6.05. The molecule has 1 aromatic rings. The Labute approximate surface area is 129 Å². The van der Waals surface area contributed by atoms with Gasteiger partial charge in [-0.1, -0.05) is 31.2 Å². The highest BCUT2D eigenvalue weighted by atomic mass is 16.7. The molecule has 2 aliphatic heterocycles. The Balaban J connectivity index is 1.87. The number of nitrogens with zero attached hydrogens (tertiary/aromatic N) is 1. The SMILES string of the molecule is CO[C@@H]1OC(CO)[C@@H](C)C(O)[C@@H]1N1Cc2ccccc2C1O. The first-order valence-electron chi connectivity index (χ1n) is 7.57. The van der Waals surface area contributed by atoms with E-state index >= 15 is 0 Å². The second kappa shape index (κ2) is 6.23. The monoisotopic (exact) mass is 309 g/mol. The number of benzene rings is 1. The number of fused-ring (bicyclic) bond motifs is 1. The van der Waals surface area contributed by atoms with Crippen LogP contribution in [0.15, 0.2) is 24.3 Å². The van der Waals surface area contributed by atoms with Crippen molar-refractivity contribution in [3.63, 3.8) is 0 Å². The molecule has 1 saturated heterocycles. The van der Waals surface area contributed by atoms with Crippen molar-refractivity contribution in [2.45, 2.75) is 44.2 Å². The first kappa shape index (κ1) is 15.9. The average molecular weight is 309 g/mol. The van der Waals surface area contributed by atoms with Gasteiger partial charge in [0.1, 0.15) is 6.23 Å². The van der Waals surface area contributed by atoms with E-state index in [1.807, 2.05) is 31.2 Å². The van der Waals surface area contributed by atoms with Gasteiger partial charge in [-0.2, -0.15) is 0 Å². The summed E-state index contributed by atoms with van der Waals surface area (Å²) in [7, 11) is 1.50. The molecule has 122 valence electrons. The average Bonchev–Trinajstić information content (AvgIpc) is 2.87. The van der Waals surface area contributed by atoms with Gasteiger partial charge in [0.25, 0.3) is 0 Å². The van der Waals surface area contributed by atoms with Crippen molar-refractivity contribution in [2.75, 3.05) is 13.7 Å². The van der Waals surface area contributed by atoms with Crippen LogP contribution in [0.4, 0.5) is 0 Å². The Bertz CT molecular complexity index is 523. The third kappa shape index (κ3) is 2.46. The molecule has 3 unspecified atom stereocenters. The molecule has 0 saturated carbocycles. The molecule has 22 heavy (non-hydrogen) atoms. The van der Waals surface area contributed by atoms with Crippen molar-refractivity contribution in [2.24, 2.45) is 5.92 Å². The third-order valence-corrected chi connectivity index (χ3v) is 4.86. The third-order valence-electron chi connectivity index (χ3n) is 4.86. The molecule has 0 aromatic heterocycles. The zero-order valence-electron chi connectivity index (χ0n) is 12.8. The van der Waals surface area contributed by atoms with E-state index in [0.29, 0.717) is 6.54 Å². The molecule has 0 bridgehead atoms. The lowest BCUT2D eigenvalue weighted by Crippen LogP contribution is -2.61. The van der Waals surface area contributed by atoms with E-state index in [4.69, 9.17) is 9.47 Å². The quantitative estimate of drug-likeness (QED) is 0.741. The highest BCUT2D eigenvalue weighted by Gasteiger charge is 2.49. The molecule has 2 heterocycles. The number of ether oxygens (including phenoxy) is 2. The predicted octanol–water partition coefficient (Wildman–Crippen LogP) is 0.222. The molecule has 2 aliphatic rings.